The van der Waals surface area contributed by atoms with Gasteiger partial charge in [0.05, 0.1) is 36.3 Å². The highest BCUT2D eigenvalue weighted by atomic mass is 32.2. The molecular weight excluding hydrogens is 620 g/mol. The Hall–Kier alpha value is -2.68. The number of allylic oxidation sites excluding steroid dienone is 5. The highest BCUT2D eigenvalue weighted by molar-refractivity contribution is 7.88. The van der Waals surface area contributed by atoms with Gasteiger partial charge < -0.3 is 15.2 Å². The van der Waals surface area contributed by atoms with E-state index in [4.69, 9.17) is 9.73 Å². The lowest BCUT2D eigenvalue weighted by atomic mass is 9.75. The first-order valence-electron chi connectivity index (χ1n) is 17.0. The Kier molecular flexibility index (Phi) is 10.9. The van der Waals surface area contributed by atoms with Crippen molar-refractivity contribution in [3.63, 3.8) is 0 Å². The molecular formula is C34H52N6O6S. The average molecular weight is 673 g/mol. The van der Waals surface area contributed by atoms with Crippen LogP contribution in [0.2, 0.25) is 0 Å². The number of rotatable bonds is 2. The Morgan fingerprint density at radius 2 is 1.83 bits per heavy atom. The fraction of sp³-hybridized carbons (Fsp3) is 0.676. The number of aliphatic hydroxyl groups excluding tert-OH is 1. The summed E-state index contributed by atoms with van der Waals surface area (Å²) in [6.45, 7) is 10.4. The summed E-state index contributed by atoms with van der Waals surface area (Å²) in [5, 5.41) is 19.5. The van der Waals surface area contributed by atoms with Crippen molar-refractivity contribution in [2.45, 2.75) is 103 Å². The Morgan fingerprint density at radius 1 is 1.11 bits per heavy atom. The summed E-state index contributed by atoms with van der Waals surface area (Å²) in [5.41, 5.74) is 5.22. The molecule has 5 aliphatic rings. The number of ether oxygens (including phenoxy) is 1. The second-order valence-corrected chi connectivity index (χ2v) is 16.1. The molecule has 4 aliphatic heterocycles. The van der Waals surface area contributed by atoms with Gasteiger partial charge in [-0.15, -0.1) is 0 Å². The summed E-state index contributed by atoms with van der Waals surface area (Å²) in [7, 11) is -3.40. The molecule has 2 saturated heterocycles. The summed E-state index contributed by atoms with van der Waals surface area (Å²) in [5.74, 6) is -0.685. The molecule has 4 N–H and O–H groups in total. The number of hydrogen-bond donors (Lipinski definition) is 4. The van der Waals surface area contributed by atoms with Crippen LogP contribution in [0.1, 0.15) is 66.7 Å². The molecule has 0 aromatic heterocycles. The van der Waals surface area contributed by atoms with Gasteiger partial charge in [-0.25, -0.2) is 18.1 Å². The zero-order valence-electron chi connectivity index (χ0n) is 28.5. The molecule has 0 saturated carbocycles. The largest absolute Gasteiger partial charge is 0.378 e. The minimum absolute atomic E-state index is 0.0906. The van der Waals surface area contributed by atoms with E-state index in [0.717, 1.165) is 36.2 Å². The third-order valence-electron chi connectivity index (χ3n) is 10.2. The maximum atomic E-state index is 13.7. The van der Waals surface area contributed by atoms with E-state index in [2.05, 4.69) is 34.3 Å². The van der Waals surface area contributed by atoms with E-state index >= 15 is 0 Å². The molecule has 13 heteroatoms. The number of aliphatic imine (C=N–C) groups is 1. The topological polar surface area (TPSA) is 153 Å². The number of hydrogen-bond acceptors (Lipinski definition) is 9. The number of sulfonamides is 1. The number of amides is 2. The molecule has 260 valence electrons. The molecule has 7 atom stereocenters. The fourth-order valence-corrected chi connectivity index (χ4v) is 7.93. The second kappa shape index (κ2) is 14.4. The van der Waals surface area contributed by atoms with E-state index in [1.807, 2.05) is 45.9 Å². The predicted molar refractivity (Wildman–Crippen MR) is 181 cm³/mol. The lowest BCUT2D eigenvalue weighted by molar-refractivity contribution is -0.143. The van der Waals surface area contributed by atoms with E-state index in [-0.39, 0.29) is 55.0 Å². The average Bonchev–Trinajstić information content (AvgIpc) is 3.04. The van der Waals surface area contributed by atoms with Gasteiger partial charge in [0, 0.05) is 36.7 Å². The van der Waals surface area contributed by atoms with Crippen LogP contribution >= 0.6 is 0 Å². The van der Waals surface area contributed by atoms with Crippen LogP contribution < -0.4 is 16.1 Å². The maximum Gasteiger partial charge on any atom is 0.258 e. The molecule has 1 aliphatic carbocycles. The lowest BCUT2D eigenvalue weighted by Crippen LogP contribution is -2.62. The summed E-state index contributed by atoms with van der Waals surface area (Å²) in [6.07, 6.45) is 15.1. The van der Waals surface area contributed by atoms with Crippen molar-refractivity contribution in [2.75, 3.05) is 25.9 Å². The Bertz CT molecular complexity index is 1460. The number of dihydropyridines is 1. The fourth-order valence-electron chi connectivity index (χ4n) is 7.09. The molecule has 12 nitrogen and oxygen atoms in total. The predicted octanol–water partition coefficient (Wildman–Crippen LogP) is 2.17. The number of piperidine rings is 1. The number of carbonyl (C=O) groups is 2. The van der Waals surface area contributed by atoms with Crippen molar-refractivity contribution in [1.29, 1.82) is 0 Å². The van der Waals surface area contributed by atoms with E-state index in [1.54, 1.807) is 11.9 Å². The molecule has 5 bridgehead atoms. The highest BCUT2D eigenvalue weighted by Gasteiger charge is 2.43. The highest BCUT2D eigenvalue weighted by Crippen LogP contribution is 2.38. The first kappa shape index (κ1) is 35.6. The Morgan fingerprint density at radius 3 is 2.51 bits per heavy atom. The number of carbonyl (C=O) groups excluding carboxylic acids is 2. The molecule has 0 radical (unpaired) electrons. The van der Waals surface area contributed by atoms with Crippen LogP contribution in [0.25, 0.3) is 0 Å². The van der Waals surface area contributed by atoms with Gasteiger partial charge in [-0.05, 0) is 76.5 Å². The van der Waals surface area contributed by atoms with Crippen molar-refractivity contribution in [1.82, 2.24) is 25.4 Å². The molecule has 2 amide bonds. The van der Waals surface area contributed by atoms with E-state index in [0.29, 0.717) is 19.4 Å². The standard InChI is InChI=1S/C34H52N6O6S/c1-21(2)30-31(41)35-22(3)32(42)40-17-7-8-28(38-40)24(5)46-23(4)27-12-11-26-10-9-25(20-29(26)36-27)13-14-34(33(43)37-30)15-18-39(19-16-34)47(6,44)45/h9,11-14,20-24,26,28,30,33,37-38,43H,7-8,10,15-19H2,1-6H3,(H,35,41)/b14-13+/t22?,23-,24?,26?,28?,30+,33?/m1/s1. The van der Waals surface area contributed by atoms with Crippen molar-refractivity contribution in [3.05, 3.63) is 47.7 Å². The first-order valence-corrected chi connectivity index (χ1v) is 18.8. The van der Waals surface area contributed by atoms with Crippen molar-refractivity contribution in [3.8, 4) is 0 Å². The normalized spacial score (nSPS) is 35.1. The number of nitrogens with zero attached hydrogens (tertiary/aromatic N) is 3. The van der Waals surface area contributed by atoms with E-state index in [1.165, 1.54) is 10.6 Å². The van der Waals surface area contributed by atoms with Gasteiger partial charge in [0.2, 0.25) is 15.9 Å². The lowest BCUT2D eigenvalue weighted by Gasteiger charge is -2.43. The third kappa shape index (κ3) is 8.14. The monoisotopic (exact) mass is 672 g/mol. The number of hydrazine groups is 1. The molecule has 0 aromatic carbocycles. The van der Waals surface area contributed by atoms with Crippen LogP contribution in [0.3, 0.4) is 0 Å². The van der Waals surface area contributed by atoms with Gasteiger partial charge in [0.25, 0.3) is 5.91 Å². The van der Waals surface area contributed by atoms with Gasteiger partial charge in [0.1, 0.15) is 12.3 Å². The zero-order chi connectivity index (χ0) is 34.1. The van der Waals surface area contributed by atoms with Crippen LogP contribution in [0, 0.1) is 17.3 Å². The summed E-state index contributed by atoms with van der Waals surface area (Å²) in [6, 6.07) is -1.70. The van der Waals surface area contributed by atoms with Gasteiger partial charge in [-0.3, -0.25) is 24.9 Å². The molecule has 5 rings (SSSR count). The minimum atomic E-state index is -3.40. The van der Waals surface area contributed by atoms with Crippen molar-refractivity contribution >= 4 is 27.5 Å². The van der Waals surface area contributed by atoms with Gasteiger partial charge >= 0.3 is 0 Å². The third-order valence-corrected chi connectivity index (χ3v) is 11.5. The maximum absolute atomic E-state index is 13.7. The quantitative estimate of drug-likeness (QED) is 0.349. The van der Waals surface area contributed by atoms with Crippen LogP contribution in [0.5, 0.6) is 0 Å². The number of aliphatic hydroxyl groups is 1. The van der Waals surface area contributed by atoms with Crippen molar-refractivity contribution < 1.29 is 27.9 Å². The van der Waals surface area contributed by atoms with E-state index in [9.17, 15) is 23.1 Å². The van der Waals surface area contributed by atoms with Crippen LogP contribution in [0.4, 0.5) is 0 Å². The van der Waals surface area contributed by atoms with Crippen LogP contribution in [-0.4, -0.2) is 103 Å². The molecule has 2 fully saturated rings. The Labute approximate surface area is 279 Å². The molecule has 5 unspecified atom stereocenters. The molecule has 47 heavy (non-hydrogen) atoms. The zero-order valence-corrected chi connectivity index (χ0v) is 29.3. The Balaban J connectivity index is 1.50. The molecule has 4 heterocycles. The first-order chi connectivity index (χ1) is 22.2. The van der Waals surface area contributed by atoms with Crippen molar-refractivity contribution in [2.24, 2.45) is 22.2 Å². The number of nitrogens with one attached hydrogen (secondary N) is 3. The van der Waals surface area contributed by atoms with Crippen LogP contribution in [0.15, 0.2) is 52.7 Å². The second-order valence-electron chi connectivity index (χ2n) is 14.1. The van der Waals surface area contributed by atoms with Gasteiger partial charge in [-0.1, -0.05) is 38.2 Å². The summed E-state index contributed by atoms with van der Waals surface area (Å²) < 4.78 is 32.6. The summed E-state index contributed by atoms with van der Waals surface area (Å²) in [4.78, 5) is 32.2. The number of fused-ring (bicyclic) bond motifs is 3. The smallest absolute Gasteiger partial charge is 0.258 e. The minimum Gasteiger partial charge on any atom is -0.378 e. The van der Waals surface area contributed by atoms with Gasteiger partial charge in [0.15, 0.2) is 0 Å². The summed E-state index contributed by atoms with van der Waals surface area (Å²) >= 11 is 0. The van der Waals surface area contributed by atoms with E-state index < -0.39 is 33.7 Å². The molecule has 0 aromatic rings. The SMILES string of the molecule is CC1NC(=O)[C@H](C(C)C)NC(O)C2(/C=C/C3=CCC4C=CC(=NC4=C3)[C@@H](C)OC(C)C3CCCN(N3)C1=O)CCN(S(C)(=O)=O)CC2. The van der Waals surface area contributed by atoms with Crippen LogP contribution in [-0.2, 0) is 24.3 Å². The molecule has 1 spiro atoms. The van der Waals surface area contributed by atoms with Gasteiger partial charge in [-0.2, -0.15) is 0 Å².